The number of rotatable bonds is 1. The van der Waals surface area contributed by atoms with E-state index in [1.54, 1.807) is 79.9 Å². The van der Waals surface area contributed by atoms with Gasteiger partial charge in [-0.3, -0.25) is 18.8 Å². The van der Waals surface area contributed by atoms with Crippen molar-refractivity contribution in [1.29, 1.82) is 0 Å². The minimum absolute atomic E-state index is 0.00322. The molecule has 238 valence electrons. The zero-order chi connectivity index (χ0) is 32.7. The van der Waals surface area contributed by atoms with Gasteiger partial charge < -0.3 is 25.0 Å². The number of nitrogens with one attached hydrogen (secondary N) is 2. The molecule has 0 aliphatic carbocycles. The Balaban J connectivity index is 1.22. The van der Waals surface area contributed by atoms with Gasteiger partial charge in [-0.25, -0.2) is 9.37 Å². The fraction of sp³-hybridized carbons (Fsp3) is 0.200. The highest BCUT2D eigenvalue weighted by molar-refractivity contribution is 5.97. The summed E-state index contributed by atoms with van der Waals surface area (Å²) in [5.74, 6) is -2.35. The Bertz CT molecular complexity index is 2030. The quantitative estimate of drug-likeness (QED) is 0.284. The average Bonchev–Trinajstić information content (AvgIpc) is 3.62. The number of amides is 3. The summed E-state index contributed by atoms with van der Waals surface area (Å²) in [4.78, 5) is 45.3. The van der Waals surface area contributed by atoms with Crippen molar-refractivity contribution in [3.63, 3.8) is 0 Å². The van der Waals surface area contributed by atoms with E-state index in [1.807, 2.05) is 0 Å². The zero-order valence-corrected chi connectivity index (χ0v) is 25.2. The molecule has 12 heteroatoms. The Morgan fingerprint density at radius 3 is 2.57 bits per heavy atom. The number of aromatic nitrogens is 2. The molecule has 1 fully saturated rings. The molecule has 8 rings (SSSR count). The van der Waals surface area contributed by atoms with Crippen LogP contribution in [0.1, 0.15) is 32.0 Å². The van der Waals surface area contributed by atoms with E-state index in [-0.39, 0.29) is 49.1 Å². The maximum Gasteiger partial charge on any atom is 0.277 e. The maximum atomic E-state index is 15.4. The summed E-state index contributed by atoms with van der Waals surface area (Å²) in [6, 6.07) is 20.7. The smallest absolute Gasteiger partial charge is 0.277 e. The van der Waals surface area contributed by atoms with Crippen LogP contribution in [-0.2, 0) is 11.3 Å². The molecular formula is C35H29F2N5O5. The van der Waals surface area contributed by atoms with Crippen molar-refractivity contribution in [2.45, 2.75) is 25.6 Å². The van der Waals surface area contributed by atoms with E-state index in [2.05, 4.69) is 15.6 Å². The first-order valence-electron chi connectivity index (χ1n) is 15.0. The summed E-state index contributed by atoms with van der Waals surface area (Å²) in [5.41, 5.74) is 2.52. The first kappa shape index (κ1) is 29.9. The molecule has 5 heterocycles. The summed E-state index contributed by atoms with van der Waals surface area (Å²) in [7, 11) is 0. The van der Waals surface area contributed by atoms with Crippen LogP contribution in [0.2, 0.25) is 0 Å². The summed E-state index contributed by atoms with van der Waals surface area (Å²) in [6.45, 7) is 1.82. The highest BCUT2D eigenvalue weighted by Gasteiger charge is 2.40. The number of likely N-dealkylation sites (tertiary alicyclic amines) is 1. The third-order valence-electron chi connectivity index (χ3n) is 8.23. The SMILES string of the molecule is Cc1ccc2nc(C(=O)N3C[C@@H]4NC(=O)c5cc(ccc5F)-c5cccc(c5)OCC(=O)NCc5ccc(cc5)O[C@H]4C3)c(F)n2c1. The zero-order valence-electron chi connectivity index (χ0n) is 25.2. The molecule has 2 atom stereocenters. The van der Waals surface area contributed by atoms with E-state index >= 15 is 8.78 Å². The second kappa shape index (κ2) is 12.2. The first-order chi connectivity index (χ1) is 22.7. The molecular weight excluding hydrogens is 608 g/mol. The van der Waals surface area contributed by atoms with Crippen LogP contribution >= 0.6 is 0 Å². The molecule has 47 heavy (non-hydrogen) atoms. The van der Waals surface area contributed by atoms with E-state index in [0.29, 0.717) is 22.6 Å². The summed E-state index contributed by atoms with van der Waals surface area (Å²) < 4.78 is 43.6. The highest BCUT2D eigenvalue weighted by Crippen LogP contribution is 2.27. The lowest BCUT2D eigenvalue weighted by molar-refractivity contribution is -0.123. The predicted molar refractivity (Wildman–Crippen MR) is 167 cm³/mol. The Morgan fingerprint density at radius 2 is 1.74 bits per heavy atom. The third-order valence-corrected chi connectivity index (χ3v) is 8.23. The molecule has 0 saturated carbocycles. The molecule has 3 aliphatic rings. The van der Waals surface area contributed by atoms with Gasteiger partial charge in [0.2, 0.25) is 5.95 Å². The van der Waals surface area contributed by atoms with E-state index in [4.69, 9.17) is 9.47 Å². The standard InChI is InChI=1S/C35H29F2N5O5/c1-20-5-12-30-40-32(33(37)42(30)16-20)35(45)41-17-28-29(18-41)47-24-9-6-21(7-10-24)15-38-31(43)19-46-25-4-2-3-22(13-25)23-8-11-27(36)26(14-23)34(44)39-28/h2-14,16,28-29H,15,17-19H2,1H3,(H,38,43)(H,39,44)/t28-,29-/m0/s1. The number of imidazole rings is 1. The summed E-state index contributed by atoms with van der Waals surface area (Å²) in [5, 5.41) is 5.67. The molecule has 3 aromatic carbocycles. The number of benzene rings is 3. The van der Waals surface area contributed by atoms with Crippen molar-refractivity contribution in [3.8, 4) is 22.6 Å². The van der Waals surface area contributed by atoms with Crippen LogP contribution in [0.25, 0.3) is 16.8 Å². The van der Waals surface area contributed by atoms with Gasteiger partial charge in [-0.2, -0.15) is 4.39 Å². The maximum absolute atomic E-state index is 15.4. The van der Waals surface area contributed by atoms with Crippen molar-refractivity contribution < 1.29 is 32.6 Å². The molecule has 0 unspecified atom stereocenters. The fourth-order valence-electron chi connectivity index (χ4n) is 5.76. The molecule has 3 aliphatic heterocycles. The third kappa shape index (κ3) is 6.09. The number of nitrogens with zero attached hydrogens (tertiary/aromatic N) is 3. The predicted octanol–water partition coefficient (Wildman–Crippen LogP) is 4.30. The van der Waals surface area contributed by atoms with Crippen LogP contribution in [0.5, 0.6) is 11.5 Å². The van der Waals surface area contributed by atoms with Gasteiger partial charge in [0.1, 0.15) is 29.1 Å². The molecule has 0 radical (unpaired) electrons. The molecule has 1 saturated heterocycles. The normalized spacial score (nSPS) is 18.1. The number of carbonyl (C=O) groups is 3. The number of hydrogen-bond acceptors (Lipinski definition) is 6. The van der Waals surface area contributed by atoms with Crippen LogP contribution in [-0.4, -0.2) is 63.8 Å². The summed E-state index contributed by atoms with van der Waals surface area (Å²) in [6.07, 6.45) is 0.792. The topological polar surface area (TPSA) is 114 Å². The van der Waals surface area contributed by atoms with Crippen molar-refractivity contribution in [2.75, 3.05) is 19.7 Å². The van der Waals surface area contributed by atoms with Gasteiger partial charge in [-0.1, -0.05) is 36.4 Å². The Hall–Kier alpha value is -5.78. The molecule has 2 N–H and O–H groups in total. The largest absolute Gasteiger partial charge is 0.486 e. The summed E-state index contributed by atoms with van der Waals surface area (Å²) >= 11 is 0. The second-order valence-corrected chi connectivity index (χ2v) is 11.6. The lowest BCUT2D eigenvalue weighted by Crippen LogP contribution is -2.45. The fourth-order valence-corrected chi connectivity index (χ4v) is 5.76. The molecule has 6 bridgehead atoms. The number of ether oxygens (including phenoxy) is 2. The minimum Gasteiger partial charge on any atom is -0.486 e. The van der Waals surface area contributed by atoms with E-state index in [1.165, 1.54) is 21.4 Å². The van der Waals surface area contributed by atoms with Gasteiger partial charge in [-0.15, -0.1) is 0 Å². The Morgan fingerprint density at radius 1 is 0.936 bits per heavy atom. The van der Waals surface area contributed by atoms with Gasteiger partial charge in [0, 0.05) is 19.3 Å². The number of fused-ring (bicyclic) bond motifs is 8. The molecule has 2 aromatic heterocycles. The second-order valence-electron chi connectivity index (χ2n) is 11.6. The Kier molecular flexibility index (Phi) is 7.76. The highest BCUT2D eigenvalue weighted by atomic mass is 19.1. The number of carbonyl (C=O) groups excluding carboxylic acids is 3. The van der Waals surface area contributed by atoms with Crippen molar-refractivity contribution in [2.24, 2.45) is 0 Å². The van der Waals surface area contributed by atoms with Crippen molar-refractivity contribution in [1.82, 2.24) is 24.9 Å². The van der Waals surface area contributed by atoms with Crippen molar-refractivity contribution in [3.05, 3.63) is 119 Å². The van der Waals surface area contributed by atoms with Gasteiger partial charge >= 0.3 is 0 Å². The minimum atomic E-state index is -0.793. The molecule has 5 aromatic rings. The Labute approximate surface area is 267 Å². The number of hydrogen-bond donors (Lipinski definition) is 2. The number of halogens is 2. The monoisotopic (exact) mass is 637 g/mol. The number of aryl methyl sites for hydroxylation is 1. The van der Waals surface area contributed by atoms with Gasteiger partial charge in [0.05, 0.1) is 18.2 Å². The van der Waals surface area contributed by atoms with Crippen LogP contribution < -0.4 is 20.1 Å². The van der Waals surface area contributed by atoms with Gasteiger partial charge in [0.15, 0.2) is 12.3 Å². The van der Waals surface area contributed by atoms with Crippen LogP contribution in [0.4, 0.5) is 8.78 Å². The van der Waals surface area contributed by atoms with E-state index < -0.39 is 35.7 Å². The average molecular weight is 638 g/mol. The lowest BCUT2D eigenvalue weighted by atomic mass is 10.0. The van der Waals surface area contributed by atoms with Crippen molar-refractivity contribution >= 4 is 23.4 Å². The molecule has 3 amide bonds. The van der Waals surface area contributed by atoms with Crippen LogP contribution in [0.15, 0.2) is 85.1 Å². The van der Waals surface area contributed by atoms with Gasteiger partial charge in [0.25, 0.3) is 17.7 Å². The first-order valence-corrected chi connectivity index (χ1v) is 15.0. The van der Waals surface area contributed by atoms with Gasteiger partial charge in [-0.05, 0) is 71.6 Å². The van der Waals surface area contributed by atoms with Crippen LogP contribution in [0.3, 0.4) is 0 Å². The van der Waals surface area contributed by atoms with E-state index in [0.717, 1.165) is 11.1 Å². The van der Waals surface area contributed by atoms with E-state index in [9.17, 15) is 14.4 Å². The number of pyridine rings is 1. The molecule has 0 spiro atoms. The lowest BCUT2D eigenvalue weighted by Gasteiger charge is -2.21. The molecule has 10 nitrogen and oxygen atoms in total. The van der Waals surface area contributed by atoms with Crippen LogP contribution in [0, 0.1) is 18.7 Å².